The van der Waals surface area contributed by atoms with Gasteiger partial charge in [-0.15, -0.1) is 0 Å². The summed E-state index contributed by atoms with van der Waals surface area (Å²) in [6, 6.07) is 11.1. The lowest BCUT2D eigenvalue weighted by Crippen LogP contribution is -2.32. The highest BCUT2D eigenvalue weighted by molar-refractivity contribution is 5.15. The summed E-state index contributed by atoms with van der Waals surface area (Å²) in [6.07, 6.45) is 4.83. The number of benzene rings is 1. The Morgan fingerprint density at radius 1 is 1.26 bits per heavy atom. The molecule has 4 heteroatoms. The SMILES string of the molecule is CCC(Cc1ccccc1)NCCc1ncn(C)n1. The molecule has 1 aromatic carbocycles. The smallest absolute Gasteiger partial charge is 0.151 e. The van der Waals surface area contributed by atoms with Crippen LogP contribution in [0.3, 0.4) is 0 Å². The summed E-state index contributed by atoms with van der Waals surface area (Å²) >= 11 is 0. The number of nitrogens with zero attached hydrogens (tertiary/aromatic N) is 3. The summed E-state index contributed by atoms with van der Waals surface area (Å²) in [5, 5.41) is 7.87. The number of hydrogen-bond acceptors (Lipinski definition) is 3. The van der Waals surface area contributed by atoms with Gasteiger partial charge in [0.2, 0.25) is 0 Å². The molecule has 1 atom stereocenters. The third-order valence-corrected chi connectivity index (χ3v) is 3.25. The van der Waals surface area contributed by atoms with Gasteiger partial charge in [0, 0.05) is 26.1 Å². The molecule has 0 spiro atoms. The van der Waals surface area contributed by atoms with Crippen LogP contribution in [0.15, 0.2) is 36.7 Å². The Kier molecular flexibility index (Phi) is 5.10. The molecule has 0 aliphatic heterocycles. The zero-order valence-electron chi connectivity index (χ0n) is 11.7. The van der Waals surface area contributed by atoms with Crippen molar-refractivity contribution in [3.05, 3.63) is 48.0 Å². The Balaban J connectivity index is 1.76. The van der Waals surface area contributed by atoms with Crippen LogP contribution in [-0.4, -0.2) is 27.4 Å². The summed E-state index contributed by atoms with van der Waals surface area (Å²) in [5.41, 5.74) is 1.39. The van der Waals surface area contributed by atoms with Crippen molar-refractivity contribution in [3.63, 3.8) is 0 Å². The fourth-order valence-corrected chi connectivity index (χ4v) is 2.15. The highest BCUT2D eigenvalue weighted by Crippen LogP contribution is 2.05. The van der Waals surface area contributed by atoms with Crippen LogP contribution in [0, 0.1) is 0 Å². The molecule has 1 heterocycles. The fraction of sp³-hybridized carbons (Fsp3) is 0.467. The molecule has 1 aromatic heterocycles. The maximum absolute atomic E-state index is 4.28. The molecule has 102 valence electrons. The van der Waals surface area contributed by atoms with E-state index >= 15 is 0 Å². The third kappa shape index (κ3) is 4.48. The Hall–Kier alpha value is -1.68. The lowest BCUT2D eigenvalue weighted by molar-refractivity contribution is 0.494. The highest BCUT2D eigenvalue weighted by atomic mass is 15.3. The minimum atomic E-state index is 0.520. The van der Waals surface area contributed by atoms with Gasteiger partial charge in [0.05, 0.1) is 0 Å². The molecule has 1 N–H and O–H groups in total. The number of hydrogen-bond donors (Lipinski definition) is 1. The largest absolute Gasteiger partial charge is 0.313 e. The van der Waals surface area contributed by atoms with Gasteiger partial charge in [0.1, 0.15) is 6.33 Å². The quantitative estimate of drug-likeness (QED) is 0.825. The topological polar surface area (TPSA) is 42.7 Å². The first-order chi connectivity index (χ1) is 9.28. The minimum Gasteiger partial charge on any atom is -0.313 e. The van der Waals surface area contributed by atoms with E-state index in [1.165, 1.54) is 5.56 Å². The second-order valence-corrected chi connectivity index (χ2v) is 4.83. The van der Waals surface area contributed by atoms with E-state index in [0.29, 0.717) is 6.04 Å². The Labute approximate surface area is 114 Å². The molecule has 0 amide bonds. The normalized spacial score (nSPS) is 12.5. The van der Waals surface area contributed by atoms with Gasteiger partial charge in [-0.25, -0.2) is 4.98 Å². The molecule has 0 aliphatic carbocycles. The van der Waals surface area contributed by atoms with Crippen molar-refractivity contribution in [1.29, 1.82) is 0 Å². The van der Waals surface area contributed by atoms with Crippen LogP contribution in [0.5, 0.6) is 0 Å². The van der Waals surface area contributed by atoms with Crippen molar-refractivity contribution >= 4 is 0 Å². The molecule has 0 bridgehead atoms. The van der Waals surface area contributed by atoms with Crippen molar-refractivity contribution in [1.82, 2.24) is 20.1 Å². The molecule has 2 rings (SSSR count). The van der Waals surface area contributed by atoms with E-state index in [0.717, 1.165) is 31.6 Å². The van der Waals surface area contributed by atoms with Crippen LogP contribution in [-0.2, 0) is 19.9 Å². The van der Waals surface area contributed by atoms with Crippen molar-refractivity contribution in [3.8, 4) is 0 Å². The molecule has 2 aromatic rings. The third-order valence-electron chi connectivity index (χ3n) is 3.25. The lowest BCUT2D eigenvalue weighted by Gasteiger charge is -2.16. The first kappa shape index (κ1) is 13.7. The van der Waals surface area contributed by atoms with E-state index in [2.05, 4.69) is 52.7 Å². The number of aromatic nitrogens is 3. The van der Waals surface area contributed by atoms with Gasteiger partial charge in [-0.1, -0.05) is 37.3 Å². The zero-order chi connectivity index (χ0) is 13.5. The van der Waals surface area contributed by atoms with E-state index in [1.54, 1.807) is 11.0 Å². The predicted molar refractivity (Wildman–Crippen MR) is 76.9 cm³/mol. The number of rotatable bonds is 7. The van der Waals surface area contributed by atoms with E-state index in [1.807, 2.05) is 7.05 Å². The summed E-state index contributed by atoms with van der Waals surface area (Å²) in [4.78, 5) is 4.23. The van der Waals surface area contributed by atoms with Crippen LogP contribution >= 0.6 is 0 Å². The molecule has 1 unspecified atom stereocenters. The van der Waals surface area contributed by atoms with Gasteiger partial charge < -0.3 is 5.32 Å². The molecule has 0 fully saturated rings. The van der Waals surface area contributed by atoms with Crippen LogP contribution in [0.25, 0.3) is 0 Å². The lowest BCUT2D eigenvalue weighted by atomic mass is 10.0. The molecule has 0 radical (unpaired) electrons. The maximum atomic E-state index is 4.28. The van der Waals surface area contributed by atoms with Crippen LogP contribution in [0.4, 0.5) is 0 Å². The van der Waals surface area contributed by atoms with Crippen LogP contribution in [0.2, 0.25) is 0 Å². The molecule has 4 nitrogen and oxygen atoms in total. The van der Waals surface area contributed by atoms with Crippen molar-refractivity contribution in [2.24, 2.45) is 7.05 Å². The Morgan fingerprint density at radius 2 is 2.05 bits per heavy atom. The van der Waals surface area contributed by atoms with Crippen molar-refractivity contribution in [2.45, 2.75) is 32.2 Å². The van der Waals surface area contributed by atoms with Gasteiger partial charge in [-0.05, 0) is 18.4 Å². The first-order valence-corrected chi connectivity index (χ1v) is 6.89. The van der Waals surface area contributed by atoms with E-state index in [4.69, 9.17) is 0 Å². The standard InChI is InChI=1S/C15H22N4/c1-3-14(11-13-7-5-4-6-8-13)16-10-9-15-17-12-19(2)18-15/h4-8,12,14,16H,3,9-11H2,1-2H3. The van der Waals surface area contributed by atoms with Crippen molar-refractivity contribution in [2.75, 3.05) is 6.54 Å². The zero-order valence-corrected chi connectivity index (χ0v) is 11.7. The predicted octanol–water partition coefficient (Wildman–Crippen LogP) is 1.97. The van der Waals surface area contributed by atoms with Gasteiger partial charge >= 0.3 is 0 Å². The summed E-state index contributed by atoms with van der Waals surface area (Å²) in [6.45, 7) is 3.15. The summed E-state index contributed by atoms with van der Waals surface area (Å²) in [5.74, 6) is 0.907. The summed E-state index contributed by atoms with van der Waals surface area (Å²) < 4.78 is 1.75. The second-order valence-electron chi connectivity index (χ2n) is 4.83. The summed E-state index contributed by atoms with van der Waals surface area (Å²) in [7, 11) is 1.90. The first-order valence-electron chi connectivity index (χ1n) is 6.89. The van der Waals surface area contributed by atoms with Crippen LogP contribution < -0.4 is 5.32 Å². The van der Waals surface area contributed by atoms with Gasteiger partial charge in [0.15, 0.2) is 5.82 Å². The van der Waals surface area contributed by atoms with Crippen molar-refractivity contribution < 1.29 is 0 Å². The Bertz CT molecular complexity index is 478. The highest BCUT2D eigenvalue weighted by Gasteiger charge is 2.07. The van der Waals surface area contributed by atoms with Gasteiger partial charge in [-0.2, -0.15) is 5.10 Å². The Morgan fingerprint density at radius 3 is 2.68 bits per heavy atom. The van der Waals surface area contributed by atoms with E-state index in [9.17, 15) is 0 Å². The molecule has 0 aliphatic rings. The van der Waals surface area contributed by atoms with Gasteiger partial charge in [0.25, 0.3) is 0 Å². The minimum absolute atomic E-state index is 0.520. The molecular formula is C15H22N4. The molecule has 0 saturated carbocycles. The number of aryl methyl sites for hydroxylation is 1. The fourth-order valence-electron chi connectivity index (χ4n) is 2.15. The maximum Gasteiger partial charge on any atom is 0.151 e. The molecular weight excluding hydrogens is 236 g/mol. The second kappa shape index (κ2) is 7.04. The van der Waals surface area contributed by atoms with Gasteiger partial charge in [-0.3, -0.25) is 4.68 Å². The molecule has 0 saturated heterocycles. The number of nitrogens with one attached hydrogen (secondary N) is 1. The van der Waals surface area contributed by atoms with E-state index in [-0.39, 0.29) is 0 Å². The average molecular weight is 258 g/mol. The average Bonchev–Trinajstić information content (AvgIpc) is 2.84. The molecule has 19 heavy (non-hydrogen) atoms. The monoisotopic (exact) mass is 258 g/mol. The van der Waals surface area contributed by atoms with E-state index < -0.39 is 0 Å². The van der Waals surface area contributed by atoms with Crippen LogP contribution in [0.1, 0.15) is 24.7 Å².